The maximum Gasteiger partial charge on any atom is 0.397 e. The molecule has 0 aromatic rings. The van der Waals surface area contributed by atoms with E-state index in [1.54, 1.807) is 0 Å². The first-order valence-electron chi connectivity index (χ1n) is 20.4. The van der Waals surface area contributed by atoms with Crippen LogP contribution in [0.1, 0.15) is 168 Å². The molecule has 0 aliphatic carbocycles. The summed E-state index contributed by atoms with van der Waals surface area (Å²) in [5.74, 6) is -0.423. The van der Waals surface area contributed by atoms with E-state index >= 15 is 0 Å². The summed E-state index contributed by atoms with van der Waals surface area (Å²) in [5, 5.41) is 30.3. The number of aliphatic hydroxyl groups is 3. The van der Waals surface area contributed by atoms with E-state index < -0.39 is 59.8 Å². The van der Waals surface area contributed by atoms with Crippen LogP contribution in [0.15, 0.2) is 12.2 Å². The first-order valence-corrected chi connectivity index (χ1v) is 21.8. The second-order valence-corrected chi connectivity index (χ2v) is 15.3. The highest BCUT2D eigenvalue weighted by Gasteiger charge is 2.48. The fourth-order valence-electron chi connectivity index (χ4n) is 6.25. The number of hydrogen-bond donors (Lipinski definition) is 4. The molecule has 13 heteroatoms. The maximum absolute atomic E-state index is 12.4. The van der Waals surface area contributed by atoms with Crippen molar-refractivity contribution in [2.45, 2.75) is 205 Å². The fraction of sp³-hybridized carbons (Fsp3) is 0.923. The average molecular weight is 767 g/mol. The third-order valence-corrected chi connectivity index (χ3v) is 9.85. The standard InChI is InChI=1S/C39H74O12S/c1-3-5-7-8-9-10-11-12-13-14-15-16-17-18-19-20-21-22-23-24-25-27-29-47-31-33(49-35(41)28-26-6-4-2)32-48-39-37(43)38(51-52(44,45)46)36(42)34(30-40)50-39/h14-15,33-34,36-40,42-43H,3-13,16-32H2,1-2H3,(H,44,45,46)/b15-14-. The summed E-state index contributed by atoms with van der Waals surface area (Å²) < 4.78 is 58.3. The molecule has 1 heterocycles. The van der Waals surface area contributed by atoms with Crippen LogP contribution in [0, 0.1) is 0 Å². The molecule has 1 saturated heterocycles. The largest absolute Gasteiger partial charge is 0.457 e. The predicted molar refractivity (Wildman–Crippen MR) is 202 cm³/mol. The van der Waals surface area contributed by atoms with Crippen LogP contribution in [0.2, 0.25) is 0 Å². The van der Waals surface area contributed by atoms with Crippen LogP contribution >= 0.6 is 0 Å². The van der Waals surface area contributed by atoms with Crippen molar-refractivity contribution in [3.05, 3.63) is 12.2 Å². The summed E-state index contributed by atoms with van der Waals surface area (Å²) in [6.07, 6.45) is 23.7. The molecule has 52 heavy (non-hydrogen) atoms. The molecule has 6 atom stereocenters. The van der Waals surface area contributed by atoms with E-state index in [-0.39, 0.29) is 19.6 Å². The van der Waals surface area contributed by atoms with Gasteiger partial charge in [-0.05, 0) is 38.5 Å². The van der Waals surface area contributed by atoms with E-state index in [0.717, 1.165) is 32.1 Å². The molecule has 4 N–H and O–H groups in total. The van der Waals surface area contributed by atoms with Gasteiger partial charge in [0.15, 0.2) is 6.29 Å². The minimum Gasteiger partial charge on any atom is -0.457 e. The normalized spacial score (nSPS) is 21.5. The molecule has 1 rings (SSSR count). The molecule has 0 radical (unpaired) electrons. The molecule has 0 bridgehead atoms. The monoisotopic (exact) mass is 766 g/mol. The maximum atomic E-state index is 12.4. The van der Waals surface area contributed by atoms with Gasteiger partial charge < -0.3 is 34.3 Å². The summed E-state index contributed by atoms with van der Waals surface area (Å²) in [6.45, 7) is 3.79. The Morgan fingerprint density at radius 2 is 1.21 bits per heavy atom. The molecule has 1 aliphatic rings. The number of unbranched alkanes of at least 4 members (excludes halogenated alkanes) is 20. The lowest BCUT2D eigenvalue weighted by Crippen LogP contribution is -2.60. The van der Waals surface area contributed by atoms with Crippen molar-refractivity contribution in [2.24, 2.45) is 0 Å². The summed E-state index contributed by atoms with van der Waals surface area (Å²) in [7, 11) is -5.05. The van der Waals surface area contributed by atoms with Gasteiger partial charge in [0.25, 0.3) is 0 Å². The van der Waals surface area contributed by atoms with Crippen molar-refractivity contribution in [3.63, 3.8) is 0 Å². The second-order valence-electron chi connectivity index (χ2n) is 14.2. The first-order chi connectivity index (χ1) is 25.1. The van der Waals surface area contributed by atoms with Crippen LogP contribution in [0.25, 0.3) is 0 Å². The van der Waals surface area contributed by atoms with Gasteiger partial charge in [-0.1, -0.05) is 135 Å². The number of carbonyl (C=O) groups is 1. The van der Waals surface area contributed by atoms with Gasteiger partial charge in [-0.15, -0.1) is 0 Å². The van der Waals surface area contributed by atoms with Crippen molar-refractivity contribution < 1.29 is 56.2 Å². The van der Waals surface area contributed by atoms with Crippen molar-refractivity contribution in [3.8, 4) is 0 Å². The van der Waals surface area contributed by atoms with Crippen LogP contribution < -0.4 is 0 Å². The molecule has 1 aliphatic heterocycles. The summed E-state index contributed by atoms with van der Waals surface area (Å²) in [5.41, 5.74) is 0. The number of ether oxygens (including phenoxy) is 4. The third kappa shape index (κ3) is 25.8. The highest BCUT2D eigenvalue weighted by molar-refractivity contribution is 7.80. The average Bonchev–Trinajstić information content (AvgIpc) is 3.11. The van der Waals surface area contributed by atoms with E-state index in [4.69, 9.17) is 23.5 Å². The lowest BCUT2D eigenvalue weighted by molar-refractivity contribution is -0.301. The number of esters is 1. The number of allylic oxidation sites excluding steroid dienone is 2. The number of rotatable bonds is 35. The molecule has 308 valence electrons. The Hall–Kier alpha value is -1.16. The zero-order chi connectivity index (χ0) is 38.3. The van der Waals surface area contributed by atoms with Gasteiger partial charge in [-0.3, -0.25) is 9.35 Å². The van der Waals surface area contributed by atoms with Crippen molar-refractivity contribution in [1.82, 2.24) is 0 Å². The summed E-state index contributed by atoms with van der Waals surface area (Å²) >= 11 is 0. The van der Waals surface area contributed by atoms with Crippen LogP contribution in [0.4, 0.5) is 0 Å². The Kier molecular flexibility index (Phi) is 30.2. The molecule has 1 fully saturated rings. The summed E-state index contributed by atoms with van der Waals surface area (Å²) in [4.78, 5) is 12.4. The van der Waals surface area contributed by atoms with Crippen molar-refractivity contribution in [1.29, 1.82) is 0 Å². The Morgan fingerprint density at radius 3 is 1.73 bits per heavy atom. The van der Waals surface area contributed by atoms with Crippen LogP contribution in [0.3, 0.4) is 0 Å². The molecule has 12 nitrogen and oxygen atoms in total. The number of carbonyl (C=O) groups excluding carboxylic acids is 1. The highest BCUT2D eigenvalue weighted by atomic mass is 32.3. The molecule has 6 unspecified atom stereocenters. The molecule has 0 aromatic heterocycles. The molecule has 0 spiro atoms. The zero-order valence-corrected chi connectivity index (χ0v) is 33.2. The molecule has 0 aromatic carbocycles. The van der Waals surface area contributed by atoms with Gasteiger partial charge in [-0.25, -0.2) is 4.18 Å². The lowest BCUT2D eigenvalue weighted by atomic mass is 9.99. The smallest absolute Gasteiger partial charge is 0.397 e. The minimum atomic E-state index is -5.05. The van der Waals surface area contributed by atoms with E-state index in [1.807, 2.05) is 6.92 Å². The molecule has 0 amide bonds. The van der Waals surface area contributed by atoms with Gasteiger partial charge >= 0.3 is 16.4 Å². The van der Waals surface area contributed by atoms with Gasteiger partial charge in [0.1, 0.15) is 30.5 Å². The van der Waals surface area contributed by atoms with Gasteiger partial charge in [0.05, 0.1) is 19.8 Å². The highest BCUT2D eigenvalue weighted by Crippen LogP contribution is 2.26. The first kappa shape index (κ1) is 48.9. The second kappa shape index (κ2) is 32.1. The zero-order valence-electron chi connectivity index (χ0n) is 32.4. The van der Waals surface area contributed by atoms with Gasteiger partial charge in [0, 0.05) is 13.0 Å². The van der Waals surface area contributed by atoms with Crippen molar-refractivity contribution >= 4 is 16.4 Å². The van der Waals surface area contributed by atoms with Crippen LogP contribution in [-0.4, -0.2) is 97.5 Å². The summed E-state index contributed by atoms with van der Waals surface area (Å²) in [6, 6.07) is 0. The van der Waals surface area contributed by atoms with Crippen molar-refractivity contribution in [2.75, 3.05) is 26.4 Å². The SMILES string of the molecule is CCCCCCCCCC/C=C\CCCCCCCCCCCCOCC(COC1OC(CO)C(O)C(OS(=O)(=O)O)C1O)OC(=O)CCCCC. The topological polar surface area (TPSA) is 178 Å². The third-order valence-electron chi connectivity index (χ3n) is 9.39. The Balaban J connectivity index is 2.22. The van der Waals surface area contributed by atoms with Crippen LogP contribution in [-0.2, 0) is 38.3 Å². The number of hydrogen-bond acceptors (Lipinski definition) is 11. The molecular weight excluding hydrogens is 692 g/mol. The quantitative estimate of drug-likeness (QED) is 0.0216. The predicted octanol–water partition coefficient (Wildman–Crippen LogP) is 7.52. The Bertz CT molecular complexity index is 978. The van der Waals surface area contributed by atoms with E-state index in [0.29, 0.717) is 13.0 Å². The van der Waals surface area contributed by atoms with E-state index in [9.17, 15) is 28.5 Å². The fourth-order valence-corrected chi connectivity index (χ4v) is 6.76. The van der Waals surface area contributed by atoms with Gasteiger partial charge in [-0.2, -0.15) is 8.42 Å². The number of aliphatic hydroxyl groups excluding tert-OH is 3. The van der Waals surface area contributed by atoms with Crippen LogP contribution in [0.5, 0.6) is 0 Å². The van der Waals surface area contributed by atoms with Gasteiger partial charge in [0.2, 0.25) is 0 Å². The molecular formula is C39H74O12S. The van der Waals surface area contributed by atoms with E-state index in [2.05, 4.69) is 23.3 Å². The lowest BCUT2D eigenvalue weighted by Gasteiger charge is -2.41. The Morgan fingerprint density at radius 1 is 0.712 bits per heavy atom. The molecule has 0 saturated carbocycles. The minimum absolute atomic E-state index is 0.0361. The Labute approximate surface area is 315 Å². The van der Waals surface area contributed by atoms with E-state index in [1.165, 1.54) is 109 Å².